The molecule has 1 fully saturated rings. The average Bonchev–Trinajstić information content (AvgIpc) is 2.39. The first kappa shape index (κ1) is 11.6. The molecular weight excluding hydrogens is 220 g/mol. The van der Waals surface area contributed by atoms with Gasteiger partial charge in [0.25, 0.3) is 0 Å². The summed E-state index contributed by atoms with van der Waals surface area (Å²) in [6.07, 6.45) is 3.30. The Kier molecular flexibility index (Phi) is 3.41. The zero-order valence-electron chi connectivity index (χ0n) is 10.1. The Morgan fingerprint density at radius 3 is 2.29 bits per heavy atom. The number of methoxy groups -OCH3 is 1. The number of aromatic nitrogens is 2. The van der Waals surface area contributed by atoms with Crippen molar-refractivity contribution in [2.24, 2.45) is 0 Å². The fourth-order valence-corrected chi connectivity index (χ4v) is 1.80. The first-order valence-electron chi connectivity index (χ1n) is 5.57. The third kappa shape index (κ3) is 2.64. The number of rotatable bonds is 2. The molecule has 1 aromatic rings. The van der Waals surface area contributed by atoms with Crippen molar-refractivity contribution in [2.45, 2.75) is 6.92 Å². The van der Waals surface area contributed by atoms with E-state index in [1.165, 1.54) is 0 Å². The SMILES string of the molecule is COc1cnc(N2CCN(C(C)=O)CC2)nc1. The van der Waals surface area contributed by atoms with Crippen molar-refractivity contribution in [1.29, 1.82) is 0 Å². The number of hydrogen-bond donors (Lipinski definition) is 0. The van der Waals surface area contributed by atoms with E-state index in [9.17, 15) is 4.79 Å². The van der Waals surface area contributed by atoms with E-state index in [4.69, 9.17) is 4.74 Å². The monoisotopic (exact) mass is 236 g/mol. The first-order chi connectivity index (χ1) is 8.20. The minimum atomic E-state index is 0.125. The van der Waals surface area contributed by atoms with E-state index in [1.807, 2.05) is 4.90 Å². The molecule has 92 valence electrons. The van der Waals surface area contributed by atoms with Gasteiger partial charge in [0.05, 0.1) is 19.5 Å². The molecule has 1 aliphatic heterocycles. The van der Waals surface area contributed by atoms with Crippen molar-refractivity contribution < 1.29 is 9.53 Å². The van der Waals surface area contributed by atoms with Gasteiger partial charge in [0, 0.05) is 33.1 Å². The van der Waals surface area contributed by atoms with Crippen molar-refractivity contribution in [3.8, 4) is 5.75 Å². The summed E-state index contributed by atoms with van der Waals surface area (Å²) in [4.78, 5) is 23.5. The molecule has 17 heavy (non-hydrogen) atoms. The molecule has 1 saturated heterocycles. The minimum absolute atomic E-state index is 0.125. The van der Waals surface area contributed by atoms with Gasteiger partial charge >= 0.3 is 0 Å². The fourth-order valence-electron chi connectivity index (χ4n) is 1.80. The van der Waals surface area contributed by atoms with Crippen LogP contribution in [0, 0.1) is 0 Å². The van der Waals surface area contributed by atoms with Gasteiger partial charge in [-0.2, -0.15) is 0 Å². The summed E-state index contributed by atoms with van der Waals surface area (Å²) < 4.78 is 5.01. The van der Waals surface area contributed by atoms with Crippen molar-refractivity contribution in [3.63, 3.8) is 0 Å². The molecule has 0 radical (unpaired) electrons. The lowest BCUT2D eigenvalue weighted by Gasteiger charge is -2.34. The lowest BCUT2D eigenvalue weighted by molar-refractivity contribution is -0.129. The summed E-state index contributed by atoms with van der Waals surface area (Å²) in [5, 5.41) is 0. The Morgan fingerprint density at radius 2 is 1.82 bits per heavy atom. The van der Waals surface area contributed by atoms with E-state index in [-0.39, 0.29) is 5.91 Å². The van der Waals surface area contributed by atoms with E-state index >= 15 is 0 Å². The van der Waals surface area contributed by atoms with Crippen molar-refractivity contribution in [2.75, 3.05) is 38.2 Å². The van der Waals surface area contributed by atoms with E-state index in [0.717, 1.165) is 26.2 Å². The molecule has 2 rings (SSSR count). The van der Waals surface area contributed by atoms with E-state index in [1.54, 1.807) is 26.4 Å². The van der Waals surface area contributed by atoms with Gasteiger partial charge in [-0.15, -0.1) is 0 Å². The van der Waals surface area contributed by atoms with Gasteiger partial charge in [0.15, 0.2) is 5.75 Å². The summed E-state index contributed by atoms with van der Waals surface area (Å²) in [5.41, 5.74) is 0. The molecule has 0 aliphatic carbocycles. The Morgan fingerprint density at radius 1 is 1.24 bits per heavy atom. The molecule has 0 spiro atoms. The summed E-state index contributed by atoms with van der Waals surface area (Å²) in [6, 6.07) is 0. The molecule has 2 heterocycles. The van der Waals surface area contributed by atoms with Crippen LogP contribution >= 0.6 is 0 Å². The van der Waals surface area contributed by atoms with Crippen LogP contribution in [0.5, 0.6) is 5.75 Å². The van der Waals surface area contributed by atoms with Gasteiger partial charge < -0.3 is 14.5 Å². The zero-order valence-corrected chi connectivity index (χ0v) is 10.1. The van der Waals surface area contributed by atoms with Gasteiger partial charge in [-0.05, 0) is 0 Å². The molecule has 0 unspecified atom stereocenters. The normalized spacial score (nSPS) is 15.9. The van der Waals surface area contributed by atoms with Gasteiger partial charge in [0.2, 0.25) is 11.9 Å². The predicted octanol–water partition coefficient (Wildman–Crippen LogP) is 0.154. The summed E-state index contributed by atoms with van der Waals surface area (Å²) in [6.45, 7) is 4.59. The molecule has 6 heteroatoms. The molecule has 6 nitrogen and oxygen atoms in total. The number of amides is 1. The largest absolute Gasteiger partial charge is 0.494 e. The van der Waals surface area contributed by atoms with Crippen molar-refractivity contribution in [1.82, 2.24) is 14.9 Å². The Labute approximate surface area is 100 Å². The van der Waals surface area contributed by atoms with E-state index in [2.05, 4.69) is 14.9 Å². The van der Waals surface area contributed by atoms with Crippen LogP contribution in [0.25, 0.3) is 0 Å². The highest BCUT2D eigenvalue weighted by Gasteiger charge is 2.20. The highest BCUT2D eigenvalue weighted by Crippen LogP contribution is 2.13. The zero-order chi connectivity index (χ0) is 12.3. The standard InChI is InChI=1S/C11H16N4O2/c1-9(16)14-3-5-15(6-4-14)11-12-7-10(17-2)8-13-11/h7-8H,3-6H2,1-2H3. The van der Waals surface area contributed by atoms with Crippen LogP contribution in [0.4, 0.5) is 5.95 Å². The number of piperazine rings is 1. The molecule has 0 N–H and O–H groups in total. The van der Waals surface area contributed by atoms with Crippen LogP contribution in [0.3, 0.4) is 0 Å². The molecular formula is C11H16N4O2. The van der Waals surface area contributed by atoms with E-state index < -0.39 is 0 Å². The maximum atomic E-state index is 11.2. The summed E-state index contributed by atoms with van der Waals surface area (Å²) in [7, 11) is 1.59. The second-order valence-corrected chi connectivity index (χ2v) is 3.92. The topological polar surface area (TPSA) is 58.6 Å². The predicted molar refractivity (Wildman–Crippen MR) is 63.1 cm³/mol. The van der Waals surface area contributed by atoms with Gasteiger partial charge in [-0.25, -0.2) is 9.97 Å². The molecule has 0 aromatic carbocycles. The Hall–Kier alpha value is -1.85. The molecule has 1 aliphatic rings. The van der Waals surface area contributed by atoms with Crippen molar-refractivity contribution in [3.05, 3.63) is 12.4 Å². The second kappa shape index (κ2) is 4.99. The smallest absolute Gasteiger partial charge is 0.225 e. The number of carbonyl (C=O) groups excluding carboxylic acids is 1. The van der Waals surface area contributed by atoms with Crippen molar-refractivity contribution >= 4 is 11.9 Å². The van der Waals surface area contributed by atoms with E-state index in [0.29, 0.717) is 11.7 Å². The Balaban J connectivity index is 1.97. The lowest BCUT2D eigenvalue weighted by atomic mass is 10.3. The number of hydrogen-bond acceptors (Lipinski definition) is 5. The van der Waals surface area contributed by atoms with Crippen LogP contribution in [0.1, 0.15) is 6.92 Å². The van der Waals surface area contributed by atoms with Gasteiger partial charge in [-0.1, -0.05) is 0 Å². The van der Waals surface area contributed by atoms with Gasteiger partial charge in [-0.3, -0.25) is 4.79 Å². The summed E-state index contributed by atoms with van der Waals surface area (Å²) >= 11 is 0. The second-order valence-electron chi connectivity index (χ2n) is 3.92. The number of nitrogens with zero attached hydrogens (tertiary/aromatic N) is 4. The van der Waals surface area contributed by atoms with Crippen LogP contribution in [-0.2, 0) is 4.79 Å². The first-order valence-corrected chi connectivity index (χ1v) is 5.57. The molecule has 0 bridgehead atoms. The molecule has 1 amide bonds. The molecule has 1 aromatic heterocycles. The third-order valence-corrected chi connectivity index (χ3v) is 2.86. The third-order valence-electron chi connectivity index (χ3n) is 2.86. The van der Waals surface area contributed by atoms with Gasteiger partial charge in [0.1, 0.15) is 0 Å². The average molecular weight is 236 g/mol. The fraction of sp³-hybridized carbons (Fsp3) is 0.545. The van der Waals surface area contributed by atoms with Crippen LogP contribution in [0.15, 0.2) is 12.4 Å². The quantitative estimate of drug-likeness (QED) is 0.731. The number of carbonyl (C=O) groups is 1. The van der Waals surface area contributed by atoms with Crippen LogP contribution in [-0.4, -0.2) is 54.1 Å². The Bertz CT molecular complexity index is 385. The molecule has 0 atom stereocenters. The summed E-state index contributed by atoms with van der Waals surface area (Å²) in [5.74, 6) is 1.46. The minimum Gasteiger partial charge on any atom is -0.494 e. The molecule has 0 saturated carbocycles. The van der Waals surface area contributed by atoms with Crippen LogP contribution < -0.4 is 9.64 Å². The highest BCUT2D eigenvalue weighted by molar-refractivity contribution is 5.73. The number of ether oxygens (including phenoxy) is 1. The van der Waals surface area contributed by atoms with Crippen LogP contribution in [0.2, 0.25) is 0 Å². The highest BCUT2D eigenvalue weighted by atomic mass is 16.5. The maximum Gasteiger partial charge on any atom is 0.225 e. The lowest BCUT2D eigenvalue weighted by Crippen LogP contribution is -2.48. The maximum absolute atomic E-state index is 11.2. The number of anilines is 1.